The zero-order chi connectivity index (χ0) is 13.9. The Morgan fingerprint density at radius 1 is 1.00 bits per heavy atom. The maximum absolute atomic E-state index is 2.44. The molecule has 2 aliphatic carbocycles. The van der Waals surface area contributed by atoms with Gasteiger partial charge in [0.1, 0.15) is 0 Å². The average molecular weight is 260 g/mol. The minimum Gasteiger partial charge on any atom is -0.0801 e. The van der Waals surface area contributed by atoms with Crippen LogP contribution in [-0.2, 0) is 0 Å². The van der Waals surface area contributed by atoms with E-state index in [0.717, 1.165) is 6.42 Å². The third-order valence-electron chi connectivity index (χ3n) is 5.12. The first kappa shape index (κ1) is 12.0. The van der Waals surface area contributed by atoms with Crippen LogP contribution in [-0.4, -0.2) is 0 Å². The number of rotatable bonds is 0. The Bertz CT molecular complexity index is 879. The van der Waals surface area contributed by atoms with Crippen LogP contribution in [0.4, 0.5) is 0 Å². The maximum Gasteiger partial charge on any atom is -0.00705 e. The Hall–Kier alpha value is -1.82. The molecule has 0 N–H and O–H groups in total. The van der Waals surface area contributed by atoms with Gasteiger partial charge in [-0.05, 0) is 76.1 Å². The molecular weight excluding hydrogens is 240 g/mol. The first-order chi connectivity index (χ1) is 9.68. The summed E-state index contributed by atoms with van der Waals surface area (Å²) in [5, 5.41) is 5.88. The summed E-state index contributed by atoms with van der Waals surface area (Å²) in [4.78, 5) is 0. The molecule has 0 nitrogen and oxygen atoms in total. The lowest BCUT2D eigenvalue weighted by Gasteiger charge is -2.17. The molecule has 0 fully saturated rings. The Morgan fingerprint density at radius 2 is 1.85 bits per heavy atom. The molecule has 2 aliphatic rings. The number of allylic oxidation sites excluding steroid dienone is 1. The van der Waals surface area contributed by atoms with Crippen molar-refractivity contribution in [2.75, 3.05) is 0 Å². The van der Waals surface area contributed by atoms with Crippen molar-refractivity contribution in [2.24, 2.45) is 0 Å². The third kappa shape index (κ3) is 1.42. The van der Waals surface area contributed by atoms with Crippen molar-refractivity contribution < 1.29 is 0 Å². The number of hydrogen-bond acceptors (Lipinski definition) is 0. The first-order valence-corrected chi connectivity index (χ1v) is 7.61. The van der Waals surface area contributed by atoms with Crippen molar-refractivity contribution in [3.8, 4) is 0 Å². The predicted octanol–water partition coefficient (Wildman–Crippen LogP) is 3.94. The lowest BCUT2D eigenvalue weighted by Crippen LogP contribution is -2.18. The van der Waals surface area contributed by atoms with Crippen LogP contribution in [0.5, 0.6) is 0 Å². The molecule has 1 unspecified atom stereocenters. The van der Waals surface area contributed by atoms with E-state index in [0.29, 0.717) is 5.92 Å². The molecule has 0 amide bonds. The highest BCUT2D eigenvalue weighted by atomic mass is 14.2. The Morgan fingerprint density at radius 3 is 2.70 bits per heavy atom. The molecule has 0 aliphatic heterocycles. The smallest absolute Gasteiger partial charge is 0.00705 e. The topological polar surface area (TPSA) is 0 Å². The molecule has 2 aromatic carbocycles. The van der Waals surface area contributed by atoms with E-state index >= 15 is 0 Å². The number of fused-ring (bicyclic) bond motifs is 5. The van der Waals surface area contributed by atoms with Crippen LogP contribution in [0.15, 0.2) is 18.2 Å². The second-order valence-electron chi connectivity index (χ2n) is 6.25. The minimum absolute atomic E-state index is 0.674. The van der Waals surface area contributed by atoms with Crippen molar-refractivity contribution >= 4 is 29.0 Å². The summed E-state index contributed by atoms with van der Waals surface area (Å²) < 4.78 is 0. The van der Waals surface area contributed by atoms with Gasteiger partial charge >= 0.3 is 0 Å². The number of aryl methyl sites for hydroxylation is 1. The lowest BCUT2D eigenvalue weighted by atomic mass is 9.87. The van der Waals surface area contributed by atoms with Crippen LogP contribution >= 0.6 is 0 Å². The summed E-state index contributed by atoms with van der Waals surface area (Å²) in [6.45, 7) is 6.96. The van der Waals surface area contributed by atoms with Gasteiger partial charge in [-0.1, -0.05) is 43.4 Å². The van der Waals surface area contributed by atoms with Crippen LogP contribution in [0.25, 0.3) is 29.0 Å². The standard InChI is InChI=1S/C20H20/c1-12-8-10-17-18-11-9-15-6-4-5-7-16(15)20(18)14(3)13(2)19(12)17/h4,6-7,9-12H,5,8H2,1-3H3. The maximum atomic E-state index is 2.44. The second-order valence-corrected chi connectivity index (χ2v) is 6.25. The molecular formula is C20H20. The molecule has 0 heteroatoms. The summed E-state index contributed by atoms with van der Waals surface area (Å²) in [5.74, 6) is 0.674. The highest BCUT2D eigenvalue weighted by Gasteiger charge is 2.20. The second kappa shape index (κ2) is 4.09. The monoisotopic (exact) mass is 260 g/mol. The predicted molar refractivity (Wildman–Crippen MR) is 88.3 cm³/mol. The summed E-state index contributed by atoms with van der Waals surface area (Å²) in [7, 11) is 0. The Kier molecular flexibility index (Phi) is 2.44. The van der Waals surface area contributed by atoms with Crippen molar-refractivity contribution in [3.05, 3.63) is 50.9 Å². The third-order valence-corrected chi connectivity index (χ3v) is 5.12. The normalized spacial score (nSPS) is 19.4. The molecule has 100 valence electrons. The van der Waals surface area contributed by atoms with E-state index in [2.05, 4.69) is 57.2 Å². The van der Waals surface area contributed by atoms with Gasteiger partial charge in [0.15, 0.2) is 0 Å². The molecule has 0 radical (unpaired) electrons. The van der Waals surface area contributed by atoms with Gasteiger partial charge in [-0.15, -0.1) is 0 Å². The van der Waals surface area contributed by atoms with Gasteiger partial charge in [-0.3, -0.25) is 0 Å². The fraction of sp³-hybridized carbons (Fsp3) is 0.300. The van der Waals surface area contributed by atoms with Crippen LogP contribution in [0.3, 0.4) is 0 Å². The summed E-state index contributed by atoms with van der Waals surface area (Å²) in [6, 6.07) is 4.62. The van der Waals surface area contributed by atoms with E-state index in [-0.39, 0.29) is 0 Å². The van der Waals surface area contributed by atoms with E-state index in [1.165, 1.54) is 44.3 Å². The zero-order valence-electron chi connectivity index (χ0n) is 12.5. The fourth-order valence-corrected chi connectivity index (χ4v) is 4.01. The van der Waals surface area contributed by atoms with Crippen molar-refractivity contribution in [3.63, 3.8) is 0 Å². The molecule has 0 spiro atoms. The number of benzene rings is 2. The van der Waals surface area contributed by atoms with Crippen molar-refractivity contribution in [1.82, 2.24) is 0 Å². The van der Waals surface area contributed by atoms with Crippen molar-refractivity contribution in [1.29, 1.82) is 0 Å². The molecule has 2 aromatic rings. The Labute approximate surface area is 120 Å². The first-order valence-electron chi connectivity index (χ1n) is 7.61. The van der Waals surface area contributed by atoms with Crippen LogP contribution in [0.1, 0.15) is 47.9 Å². The molecule has 0 bridgehead atoms. The number of hydrogen-bond donors (Lipinski definition) is 0. The molecule has 0 aromatic heterocycles. The molecule has 4 rings (SSSR count). The lowest BCUT2D eigenvalue weighted by molar-refractivity contribution is 0.816. The van der Waals surface area contributed by atoms with Gasteiger partial charge < -0.3 is 0 Å². The average Bonchev–Trinajstić information content (AvgIpc) is 2.86. The van der Waals surface area contributed by atoms with E-state index in [1.807, 2.05) is 0 Å². The van der Waals surface area contributed by atoms with Crippen molar-refractivity contribution in [2.45, 2.75) is 39.5 Å². The molecule has 0 saturated heterocycles. The highest BCUT2D eigenvalue weighted by molar-refractivity contribution is 5.92. The van der Waals surface area contributed by atoms with Crippen LogP contribution in [0, 0.1) is 13.8 Å². The van der Waals surface area contributed by atoms with Gasteiger partial charge in [-0.25, -0.2) is 0 Å². The SMILES string of the molecule is Cc1c2c(c3ccc4c(c3c1C)=CCC=C4)=CCC2C. The van der Waals surface area contributed by atoms with Gasteiger partial charge in [0, 0.05) is 0 Å². The molecule has 0 heterocycles. The van der Waals surface area contributed by atoms with Gasteiger partial charge in [0.2, 0.25) is 0 Å². The van der Waals surface area contributed by atoms with E-state index in [9.17, 15) is 0 Å². The fourth-order valence-electron chi connectivity index (χ4n) is 4.01. The largest absolute Gasteiger partial charge is 0.0801 e. The minimum atomic E-state index is 0.674. The molecule has 1 atom stereocenters. The molecule has 0 saturated carbocycles. The summed E-state index contributed by atoms with van der Waals surface area (Å²) in [6.07, 6.45) is 11.6. The van der Waals surface area contributed by atoms with Gasteiger partial charge in [0.05, 0.1) is 0 Å². The van der Waals surface area contributed by atoms with Crippen LogP contribution in [0.2, 0.25) is 0 Å². The zero-order valence-corrected chi connectivity index (χ0v) is 12.5. The van der Waals surface area contributed by atoms with E-state index in [1.54, 1.807) is 5.56 Å². The highest BCUT2D eigenvalue weighted by Crippen LogP contribution is 2.30. The van der Waals surface area contributed by atoms with Crippen LogP contribution < -0.4 is 10.4 Å². The Balaban J connectivity index is 2.29. The van der Waals surface area contributed by atoms with E-state index < -0.39 is 0 Å². The quantitative estimate of drug-likeness (QED) is 0.673. The van der Waals surface area contributed by atoms with E-state index in [4.69, 9.17) is 0 Å². The molecule has 20 heavy (non-hydrogen) atoms. The van der Waals surface area contributed by atoms with Gasteiger partial charge in [0.25, 0.3) is 0 Å². The summed E-state index contributed by atoms with van der Waals surface area (Å²) >= 11 is 0. The summed E-state index contributed by atoms with van der Waals surface area (Å²) in [5.41, 5.74) is 5.94. The van der Waals surface area contributed by atoms with Gasteiger partial charge in [-0.2, -0.15) is 0 Å².